The number of rotatable bonds is 7. The molecule has 128 valence electrons. The van der Waals surface area contributed by atoms with E-state index in [1.165, 1.54) is 6.07 Å². The van der Waals surface area contributed by atoms with Crippen LogP contribution in [-0.4, -0.2) is 40.3 Å². The Morgan fingerprint density at radius 3 is 2.92 bits per heavy atom. The molecule has 2 heterocycles. The van der Waals surface area contributed by atoms with Crippen molar-refractivity contribution in [1.29, 1.82) is 0 Å². The first kappa shape index (κ1) is 16.5. The van der Waals surface area contributed by atoms with Crippen molar-refractivity contribution in [2.24, 2.45) is 0 Å². The first-order valence-corrected chi connectivity index (χ1v) is 7.45. The fourth-order valence-electron chi connectivity index (χ4n) is 2.21. The van der Waals surface area contributed by atoms with Crippen molar-refractivity contribution < 1.29 is 14.2 Å². The van der Waals surface area contributed by atoms with Crippen molar-refractivity contribution in [3.63, 3.8) is 0 Å². The van der Waals surface area contributed by atoms with Gasteiger partial charge in [-0.25, -0.2) is 0 Å². The van der Waals surface area contributed by atoms with Crippen LogP contribution in [0, 0.1) is 10.1 Å². The first-order chi connectivity index (χ1) is 12.2. The molecule has 0 atom stereocenters. The van der Waals surface area contributed by atoms with Gasteiger partial charge in [0.05, 0.1) is 17.1 Å². The lowest BCUT2D eigenvalue weighted by Crippen LogP contribution is -2.09. The van der Waals surface area contributed by atoms with Gasteiger partial charge in [-0.15, -0.1) is 0 Å². The molecule has 3 aromatic rings. The summed E-state index contributed by atoms with van der Waals surface area (Å²) >= 11 is 0. The number of aromatic nitrogens is 3. The lowest BCUT2D eigenvalue weighted by atomic mass is 10.1. The molecule has 0 fully saturated rings. The number of anilines is 1. The number of hydrogen-bond donors (Lipinski definition) is 1. The highest BCUT2D eigenvalue weighted by molar-refractivity contribution is 5.71. The minimum absolute atomic E-state index is 0.0682. The Bertz CT molecular complexity index is 866. The van der Waals surface area contributed by atoms with E-state index in [0.717, 1.165) is 0 Å². The van der Waals surface area contributed by atoms with Gasteiger partial charge < -0.3 is 14.6 Å². The number of nitro benzene ring substituents is 1. The zero-order chi connectivity index (χ0) is 17.6. The molecular weight excluding hydrogens is 326 g/mol. The molecule has 1 aromatic carbocycles. The van der Waals surface area contributed by atoms with Crippen LogP contribution in [0.3, 0.4) is 0 Å². The number of hydrogen-bond acceptors (Lipinski definition) is 8. The average molecular weight is 341 g/mol. The van der Waals surface area contributed by atoms with E-state index in [-0.39, 0.29) is 11.5 Å². The van der Waals surface area contributed by atoms with Gasteiger partial charge in [-0.05, 0) is 24.3 Å². The third-order valence-electron chi connectivity index (χ3n) is 3.41. The second-order valence-corrected chi connectivity index (χ2v) is 5.07. The van der Waals surface area contributed by atoms with Gasteiger partial charge in [-0.3, -0.25) is 15.1 Å². The minimum Gasteiger partial charge on any atom is -0.383 e. The van der Waals surface area contributed by atoms with E-state index in [0.29, 0.717) is 35.9 Å². The zero-order valence-electron chi connectivity index (χ0n) is 13.4. The van der Waals surface area contributed by atoms with Gasteiger partial charge in [-0.1, -0.05) is 5.16 Å². The van der Waals surface area contributed by atoms with Crippen LogP contribution in [0.1, 0.15) is 0 Å². The Kier molecular flexibility index (Phi) is 4.95. The molecule has 2 aromatic heterocycles. The molecule has 25 heavy (non-hydrogen) atoms. The van der Waals surface area contributed by atoms with Crippen molar-refractivity contribution >= 4 is 11.4 Å². The summed E-state index contributed by atoms with van der Waals surface area (Å²) in [5.74, 6) is 0.568. The van der Waals surface area contributed by atoms with Crippen LogP contribution in [0.2, 0.25) is 0 Å². The van der Waals surface area contributed by atoms with Crippen LogP contribution in [0.25, 0.3) is 22.8 Å². The molecule has 0 unspecified atom stereocenters. The van der Waals surface area contributed by atoms with Crippen LogP contribution in [0.15, 0.2) is 47.2 Å². The van der Waals surface area contributed by atoms with E-state index in [2.05, 4.69) is 20.4 Å². The largest absolute Gasteiger partial charge is 0.383 e. The zero-order valence-corrected chi connectivity index (χ0v) is 13.4. The van der Waals surface area contributed by atoms with Gasteiger partial charge in [0.25, 0.3) is 11.6 Å². The van der Waals surface area contributed by atoms with Crippen molar-refractivity contribution in [2.45, 2.75) is 0 Å². The van der Waals surface area contributed by atoms with Crippen LogP contribution in [-0.2, 0) is 4.74 Å². The summed E-state index contributed by atoms with van der Waals surface area (Å²) in [6.45, 7) is 0.905. The van der Waals surface area contributed by atoms with Gasteiger partial charge in [-0.2, -0.15) is 4.98 Å². The fraction of sp³-hybridized carbons (Fsp3) is 0.188. The van der Waals surface area contributed by atoms with E-state index in [1.54, 1.807) is 43.8 Å². The predicted molar refractivity (Wildman–Crippen MR) is 90.0 cm³/mol. The number of methoxy groups -OCH3 is 1. The minimum atomic E-state index is -0.458. The summed E-state index contributed by atoms with van der Waals surface area (Å²) < 4.78 is 10.1. The number of nitrogens with zero attached hydrogens (tertiary/aromatic N) is 4. The van der Waals surface area contributed by atoms with Gasteiger partial charge >= 0.3 is 0 Å². The van der Waals surface area contributed by atoms with Crippen molar-refractivity contribution in [3.05, 3.63) is 52.8 Å². The summed E-state index contributed by atoms with van der Waals surface area (Å²) in [6, 6.07) is 8.26. The molecule has 0 aliphatic carbocycles. The van der Waals surface area contributed by atoms with Gasteiger partial charge in [0, 0.05) is 37.7 Å². The SMILES string of the molecule is COCCNc1ccc(-c2noc(-c3cccnc3)n2)cc1[N+](=O)[O-]. The van der Waals surface area contributed by atoms with E-state index in [1.807, 2.05) is 0 Å². The average Bonchev–Trinajstić information content (AvgIpc) is 3.13. The topological polar surface area (TPSA) is 116 Å². The summed E-state index contributed by atoms with van der Waals surface area (Å²) in [5.41, 5.74) is 1.50. The summed E-state index contributed by atoms with van der Waals surface area (Å²) in [7, 11) is 1.56. The molecule has 0 saturated heterocycles. The summed E-state index contributed by atoms with van der Waals surface area (Å²) in [6.07, 6.45) is 3.24. The van der Waals surface area contributed by atoms with Gasteiger partial charge in [0.15, 0.2) is 0 Å². The third kappa shape index (κ3) is 3.78. The maximum Gasteiger partial charge on any atom is 0.293 e. The van der Waals surface area contributed by atoms with Crippen LogP contribution >= 0.6 is 0 Å². The molecule has 0 amide bonds. The van der Waals surface area contributed by atoms with E-state index in [9.17, 15) is 10.1 Å². The third-order valence-corrected chi connectivity index (χ3v) is 3.41. The Morgan fingerprint density at radius 2 is 2.20 bits per heavy atom. The Balaban J connectivity index is 1.89. The molecule has 0 radical (unpaired) electrons. The van der Waals surface area contributed by atoms with Crippen molar-refractivity contribution in [2.75, 3.05) is 25.6 Å². The smallest absolute Gasteiger partial charge is 0.293 e. The van der Waals surface area contributed by atoms with Crippen LogP contribution in [0.4, 0.5) is 11.4 Å². The normalized spacial score (nSPS) is 10.6. The first-order valence-electron chi connectivity index (χ1n) is 7.45. The number of nitro groups is 1. The lowest BCUT2D eigenvalue weighted by Gasteiger charge is -2.07. The number of pyridine rings is 1. The molecule has 0 aliphatic rings. The van der Waals surface area contributed by atoms with E-state index in [4.69, 9.17) is 9.26 Å². The molecule has 9 heteroatoms. The van der Waals surface area contributed by atoms with Crippen LogP contribution < -0.4 is 5.32 Å². The molecule has 0 spiro atoms. The van der Waals surface area contributed by atoms with E-state index < -0.39 is 4.92 Å². The Labute approximate surface area is 142 Å². The Morgan fingerprint density at radius 1 is 1.32 bits per heavy atom. The Hall–Kier alpha value is -3.33. The maximum atomic E-state index is 11.3. The number of ether oxygens (including phenoxy) is 1. The van der Waals surface area contributed by atoms with Crippen LogP contribution in [0.5, 0.6) is 0 Å². The molecule has 1 N–H and O–H groups in total. The number of nitrogens with one attached hydrogen (secondary N) is 1. The quantitative estimate of drug-likeness (QED) is 0.396. The molecule has 0 aliphatic heterocycles. The molecule has 3 rings (SSSR count). The van der Waals surface area contributed by atoms with Gasteiger partial charge in [0.2, 0.25) is 5.82 Å². The second-order valence-electron chi connectivity index (χ2n) is 5.07. The highest BCUT2D eigenvalue weighted by atomic mass is 16.6. The molecular formula is C16H15N5O4. The molecule has 0 bridgehead atoms. The van der Waals surface area contributed by atoms with Crippen molar-refractivity contribution in [1.82, 2.24) is 15.1 Å². The summed E-state index contributed by atoms with van der Waals surface area (Å²) in [5, 5.41) is 18.2. The molecule has 0 saturated carbocycles. The standard InChI is InChI=1S/C16H15N5O4/c1-24-8-7-18-13-5-4-11(9-14(13)21(22)23)15-19-16(25-20-15)12-3-2-6-17-10-12/h2-6,9-10,18H,7-8H2,1H3. The van der Waals surface area contributed by atoms with Gasteiger partial charge in [0.1, 0.15) is 5.69 Å². The maximum absolute atomic E-state index is 11.3. The van der Waals surface area contributed by atoms with Crippen molar-refractivity contribution in [3.8, 4) is 22.8 Å². The fourth-order valence-corrected chi connectivity index (χ4v) is 2.21. The highest BCUT2D eigenvalue weighted by Gasteiger charge is 2.18. The highest BCUT2D eigenvalue weighted by Crippen LogP contribution is 2.30. The second kappa shape index (κ2) is 7.49. The predicted octanol–water partition coefficient (Wildman–Crippen LogP) is 2.77. The molecule has 9 nitrogen and oxygen atoms in total. The lowest BCUT2D eigenvalue weighted by molar-refractivity contribution is -0.383. The summed E-state index contributed by atoms with van der Waals surface area (Å²) in [4.78, 5) is 19.1. The number of benzene rings is 1. The monoisotopic (exact) mass is 341 g/mol. The van der Waals surface area contributed by atoms with E-state index >= 15 is 0 Å².